The van der Waals surface area contributed by atoms with Crippen molar-refractivity contribution in [2.24, 2.45) is 5.92 Å². The van der Waals surface area contributed by atoms with Gasteiger partial charge in [-0.2, -0.15) is 4.72 Å². The van der Waals surface area contributed by atoms with E-state index < -0.39 is 27.9 Å². The van der Waals surface area contributed by atoms with Crippen molar-refractivity contribution >= 4 is 33.2 Å². The molecule has 0 fully saturated rings. The first kappa shape index (κ1) is 20.1. The summed E-state index contributed by atoms with van der Waals surface area (Å²) in [6.07, 6.45) is 0. The summed E-state index contributed by atoms with van der Waals surface area (Å²) in [6, 6.07) is 8.88. The maximum Gasteiger partial charge on any atom is 0.269 e. The summed E-state index contributed by atoms with van der Waals surface area (Å²) >= 11 is 1.06. The van der Waals surface area contributed by atoms with Gasteiger partial charge in [0, 0.05) is 5.56 Å². The second kappa shape index (κ2) is 8.43. The highest BCUT2D eigenvalue weighted by molar-refractivity contribution is 7.91. The fraction of sp³-hybridized carbons (Fsp3) is 0.294. The van der Waals surface area contributed by atoms with Crippen LogP contribution in [0.15, 0.2) is 46.0 Å². The number of sulfonamides is 1. The maximum atomic E-state index is 12.4. The van der Waals surface area contributed by atoms with Gasteiger partial charge in [-0.15, -0.1) is 11.3 Å². The van der Waals surface area contributed by atoms with Crippen molar-refractivity contribution in [3.63, 3.8) is 0 Å². The molecule has 0 spiro atoms. The van der Waals surface area contributed by atoms with E-state index in [-0.39, 0.29) is 10.1 Å². The van der Waals surface area contributed by atoms with Crippen molar-refractivity contribution in [1.82, 2.24) is 15.6 Å². The van der Waals surface area contributed by atoms with Gasteiger partial charge in [-0.1, -0.05) is 37.6 Å². The summed E-state index contributed by atoms with van der Waals surface area (Å²) in [6.45, 7) is 5.32. The summed E-state index contributed by atoms with van der Waals surface area (Å²) in [5.41, 5.74) is 5.98. The van der Waals surface area contributed by atoms with Crippen molar-refractivity contribution in [2.75, 3.05) is 0 Å². The number of amides is 2. The van der Waals surface area contributed by atoms with Gasteiger partial charge in [-0.05, 0) is 36.4 Å². The number of benzene rings is 1. The molecule has 0 aliphatic heterocycles. The molecule has 2 rings (SSSR count). The molecule has 140 valence electrons. The molecule has 0 saturated carbocycles. The van der Waals surface area contributed by atoms with Crippen LogP contribution < -0.4 is 15.6 Å². The van der Waals surface area contributed by atoms with Crippen LogP contribution in [0.3, 0.4) is 0 Å². The van der Waals surface area contributed by atoms with Gasteiger partial charge in [0.15, 0.2) is 0 Å². The highest BCUT2D eigenvalue weighted by atomic mass is 32.2. The standard InChI is InChI=1S/C17H21N3O4S2/c1-11(2)15(20-26(23,24)14-5-4-10-25-14)17(22)19-18-16(21)13-8-6-12(3)7-9-13/h4-11,15,20H,1-3H3,(H,18,21)(H,19,22). The third-order valence-electron chi connectivity index (χ3n) is 3.60. The van der Waals surface area contributed by atoms with Crippen molar-refractivity contribution in [2.45, 2.75) is 31.0 Å². The van der Waals surface area contributed by atoms with Crippen LogP contribution in [-0.2, 0) is 14.8 Å². The summed E-state index contributed by atoms with van der Waals surface area (Å²) < 4.78 is 27.2. The summed E-state index contributed by atoms with van der Waals surface area (Å²) in [5.74, 6) is -1.44. The number of carbonyl (C=O) groups excluding carboxylic acids is 2. The molecular weight excluding hydrogens is 374 g/mol. The number of rotatable bonds is 6. The molecule has 9 heteroatoms. The normalized spacial score (nSPS) is 12.6. The highest BCUT2D eigenvalue weighted by Crippen LogP contribution is 2.17. The molecule has 0 aliphatic rings. The molecule has 0 radical (unpaired) electrons. The van der Waals surface area contributed by atoms with E-state index >= 15 is 0 Å². The van der Waals surface area contributed by atoms with Crippen molar-refractivity contribution in [3.05, 3.63) is 52.9 Å². The Labute approximate surface area is 156 Å². The van der Waals surface area contributed by atoms with Gasteiger partial charge in [0.05, 0.1) is 0 Å². The minimum atomic E-state index is -3.81. The van der Waals surface area contributed by atoms with Crippen LogP contribution in [0.2, 0.25) is 0 Å². The Hall–Kier alpha value is -2.23. The SMILES string of the molecule is Cc1ccc(C(=O)NNC(=O)C(NS(=O)(=O)c2cccs2)C(C)C)cc1. The molecule has 26 heavy (non-hydrogen) atoms. The molecule has 1 heterocycles. The second-order valence-corrected chi connectivity index (χ2v) is 8.97. The number of hydrazine groups is 1. The Morgan fingerprint density at radius 1 is 1.04 bits per heavy atom. The lowest BCUT2D eigenvalue weighted by Crippen LogP contribution is -2.54. The van der Waals surface area contributed by atoms with E-state index in [9.17, 15) is 18.0 Å². The van der Waals surface area contributed by atoms with E-state index in [0.29, 0.717) is 5.56 Å². The molecule has 1 unspecified atom stereocenters. The van der Waals surface area contributed by atoms with Gasteiger partial charge in [-0.25, -0.2) is 8.42 Å². The number of hydrogen-bond donors (Lipinski definition) is 3. The number of hydrogen-bond acceptors (Lipinski definition) is 5. The minimum Gasteiger partial charge on any atom is -0.271 e. The van der Waals surface area contributed by atoms with E-state index in [0.717, 1.165) is 16.9 Å². The average molecular weight is 396 g/mol. The Morgan fingerprint density at radius 3 is 2.23 bits per heavy atom. The van der Waals surface area contributed by atoms with Gasteiger partial charge >= 0.3 is 0 Å². The van der Waals surface area contributed by atoms with Crippen molar-refractivity contribution in [1.29, 1.82) is 0 Å². The second-order valence-electron chi connectivity index (χ2n) is 6.08. The number of thiophene rings is 1. The van der Waals surface area contributed by atoms with Gasteiger partial charge in [0.25, 0.3) is 21.8 Å². The van der Waals surface area contributed by atoms with Crippen molar-refractivity contribution < 1.29 is 18.0 Å². The first-order valence-electron chi connectivity index (χ1n) is 7.93. The lowest BCUT2D eigenvalue weighted by molar-refractivity contribution is -0.124. The van der Waals surface area contributed by atoms with Crippen LogP contribution in [-0.4, -0.2) is 26.3 Å². The Kier molecular flexibility index (Phi) is 6.52. The zero-order valence-corrected chi connectivity index (χ0v) is 16.3. The molecule has 2 amide bonds. The quantitative estimate of drug-likeness (QED) is 0.649. The molecular formula is C17H21N3O4S2. The minimum absolute atomic E-state index is 0.125. The van der Waals surface area contributed by atoms with E-state index in [4.69, 9.17) is 0 Å². The number of carbonyl (C=O) groups is 2. The fourth-order valence-electron chi connectivity index (χ4n) is 2.11. The fourth-order valence-corrected chi connectivity index (χ4v) is 4.46. The van der Waals surface area contributed by atoms with Gasteiger partial charge in [0.1, 0.15) is 10.3 Å². The largest absolute Gasteiger partial charge is 0.271 e. The van der Waals surface area contributed by atoms with Crippen LogP contribution in [0.5, 0.6) is 0 Å². The van der Waals surface area contributed by atoms with E-state index in [1.165, 1.54) is 6.07 Å². The van der Waals surface area contributed by atoms with Crippen LogP contribution in [0.4, 0.5) is 0 Å². The summed E-state index contributed by atoms with van der Waals surface area (Å²) in [4.78, 5) is 24.4. The van der Waals surface area contributed by atoms with Gasteiger partial charge < -0.3 is 0 Å². The molecule has 7 nitrogen and oxygen atoms in total. The molecule has 2 aromatic rings. The van der Waals surface area contributed by atoms with Crippen LogP contribution in [0, 0.1) is 12.8 Å². The molecule has 1 atom stereocenters. The predicted molar refractivity (Wildman–Crippen MR) is 100 cm³/mol. The van der Waals surface area contributed by atoms with E-state index in [1.54, 1.807) is 49.6 Å². The third kappa shape index (κ3) is 5.13. The smallest absolute Gasteiger partial charge is 0.269 e. The number of aryl methyl sites for hydroxylation is 1. The third-order valence-corrected chi connectivity index (χ3v) is 6.44. The lowest BCUT2D eigenvalue weighted by Gasteiger charge is -2.21. The Balaban J connectivity index is 2.02. The molecule has 1 aromatic carbocycles. The zero-order chi connectivity index (χ0) is 19.3. The Morgan fingerprint density at radius 2 is 1.69 bits per heavy atom. The molecule has 0 aliphatic carbocycles. The van der Waals surface area contributed by atoms with Crippen LogP contribution in [0.1, 0.15) is 29.8 Å². The van der Waals surface area contributed by atoms with Crippen molar-refractivity contribution in [3.8, 4) is 0 Å². The average Bonchev–Trinajstić information content (AvgIpc) is 3.13. The first-order chi connectivity index (χ1) is 12.2. The van der Waals surface area contributed by atoms with E-state index in [2.05, 4.69) is 15.6 Å². The molecule has 0 saturated heterocycles. The summed E-state index contributed by atoms with van der Waals surface area (Å²) in [5, 5.41) is 1.64. The molecule has 1 aromatic heterocycles. The zero-order valence-electron chi connectivity index (χ0n) is 14.6. The first-order valence-corrected chi connectivity index (χ1v) is 10.3. The van der Waals surface area contributed by atoms with Crippen LogP contribution >= 0.6 is 11.3 Å². The molecule has 3 N–H and O–H groups in total. The number of nitrogens with one attached hydrogen (secondary N) is 3. The Bertz CT molecular complexity index is 860. The maximum absolute atomic E-state index is 12.4. The predicted octanol–water partition coefficient (Wildman–Crippen LogP) is 1.82. The topological polar surface area (TPSA) is 104 Å². The molecule has 0 bridgehead atoms. The summed E-state index contributed by atoms with van der Waals surface area (Å²) in [7, 11) is -3.81. The highest BCUT2D eigenvalue weighted by Gasteiger charge is 2.29. The monoisotopic (exact) mass is 395 g/mol. The van der Waals surface area contributed by atoms with Crippen LogP contribution in [0.25, 0.3) is 0 Å². The van der Waals surface area contributed by atoms with E-state index in [1.807, 2.05) is 6.92 Å². The van der Waals surface area contributed by atoms with Gasteiger partial charge in [-0.3, -0.25) is 20.4 Å². The lowest BCUT2D eigenvalue weighted by atomic mass is 10.1. The van der Waals surface area contributed by atoms with Gasteiger partial charge in [0.2, 0.25) is 0 Å².